The number of amides is 1. The smallest absolute Gasteiger partial charge is 0.337 e. The summed E-state index contributed by atoms with van der Waals surface area (Å²) in [6.07, 6.45) is 1.59. The first-order chi connectivity index (χ1) is 13.6. The maximum absolute atomic E-state index is 12.4. The van der Waals surface area contributed by atoms with Gasteiger partial charge in [-0.05, 0) is 42.5 Å². The molecule has 0 aliphatic heterocycles. The zero-order valence-electron chi connectivity index (χ0n) is 15.4. The number of aromatic nitrogens is 1. The second kappa shape index (κ2) is 8.68. The highest BCUT2D eigenvalue weighted by Gasteiger charge is 2.12. The number of methoxy groups -OCH3 is 2. The van der Waals surface area contributed by atoms with E-state index in [4.69, 9.17) is 9.47 Å². The van der Waals surface area contributed by atoms with Crippen LogP contribution in [0.15, 0.2) is 66.9 Å². The van der Waals surface area contributed by atoms with Gasteiger partial charge in [0.25, 0.3) is 5.91 Å². The van der Waals surface area contributed by atoms with E-state index < -0.39 is 5.97 Å². The van der Waals surface area contributed by atoms with Crippen molar-refractivity contribution in [2.24, 2.45) is 0 Å². The third-order valence-corrected chi connectivity index (χ3v) is 3.93. The molecule has 7 heteroatoms. The summed E-state index contributed by atoms with van der Waals surface area (Å²) in [5.74, 6) is 0.182. The topological polar surface area (TPSA) is 89.6 Å². The van der Waals surface area contributed by atoms with Crippen LogP contribution in [0.2, 0.25) is 0 Å². The lowest BCUT2D eigenvalue weighted by Crippen LogP contribution is -2.14. The number of esters is 1. The number of anilines is 3. The molecule has 0 atom stereocenters. The number of nitrogens with zero attached hydrogens (tertiary/aromatic N) is 1. The van der Waals surface area contributed by atoms with Gasteiger partial charge in [0.15, 0.2) is 0 Å². The van der Waals surface area contributed by atoms with Gasteiger partial charge in [0.2, 0.25) is 0 Å². The molecule has 1 aromatic heterocycles. The molecule has 0 radical (unpaired) electrons. The lowest BCUT2D eigenvalue weighted by Gasteiger charge is -2.10. The molecule has 1 heterocycles. The molecule has 7 nitrogen and oxygen atoms in total. The van der Waals surface area contributed by atoms with Gasteiger partial charge in [-0.15, -0.1) is 0 Å². The summed E-state index contributed by atoms with van der Waals surface area (Å²) in [6.45, 7) is 0. The number of hydrogen-bond acceptors (Lipinski definition) is 6. The summed E-state index contributed by atoms with van der Waals surface area (Å²) in [5, 5.41) is 5.89. The van der Waals surface area contributed by atoms with Gasteiger partial charge in [0.1, 0.15) is 11.6 Å². The number of pyridine rings is 1. The molecule has 0 unspecified atom stereocenters. The minimum atomic E-state index is -0.406. The van der Waals surface area contributed by atoms with E-state index in [-0.39, 0.29) is 5.91 Å². The molecular formula is C21H19N3O4. The Morgan fingerprint density at radius 3 is 2.46 bits per heavy atom. The second-order valence-corrected chi connectivity index (χ2v) is 5.78. The van der Waals surface area contributed by atoms with E-state index in [1.54, 1.807) is 60.8 Å². The van der Waals surface area contributed by atoms with Gasteiger partial charge < -0.3 is 20.1 Å². The minimum Gasteiger partial charge on any atom is -0.496 e. The fourth-order valence-corrected chi connectivity index (χ4v) is 2.57. The number of carbonyl (C=O) groups excluding carboxylic acids is 2. The maximum atomic E-state index is 12.4. The first kappa shape index (κ1) is 18.9. The molecule has 0 aliphatic rings. The standard InChI is InChI=1S/C21H19N3O4/c1-27-18-9-4-3-8-17(18)20(25)24-19-11-10-16(13-22-19)23-15-7-5-6-14(12-15)21(26)28-2/h3-13,23H,1-2H3,(H,22,24,25). The first-order valence-corrected chi connectivity index (χ1v) is 8.46. The first-order valence-electron chi connectivity index (χ1n) is 8.46. The van der Waals surface area contributed by atoms with Crippen molar-refractivity contribution in [2.45, 2.75) is 0 Å². The molecule has 0 aliphatic carbocycles. The van der Waals surface area contributed by atoms with Crippen LogP contribution in [-0.4, -0.2) is 31.1 Å². The molecule has 0 bridgehead atoms. The van der Waals surface area contributed by atoms with Crippen molar-refractivity contribution in [3.05, 3.63) is 78.0 Å². The van der Waals surface area contributed by atoms with Crippen LogP contribution in [0.5, 0.6) is 5.75 Å². The van der Waals surface area contributed by atoms with E-state index >= 15 is 0 Å². The molecule has 2 aromatic carbocycles. The van der Waals surface area contributed by atoms with Crippen LogP contribution >= 0.6 is 0 Å². The number of hydrogen-bond donors (Lipinski definition) is 2. The molecule has 3 aromatic rings. The number of benzene rings is 2. The lowest BCUT2D eigenvalue weighted by atomic mass is 10.2. The molecule has 28 heavy (non-hydrogen) atoms. The quantitative estimate of drug-likeness (QED) is 0.634. The molecule has 2 N–H and O–H groups in total. The van der Waals surface area contributed by atoms with Gasteiger partial charge in [-0.3, -0.25) is 4.79 Å². The molecule has 1 amide bonds. The average Bonchev–Trinajstić information content (AvgIpc) is 2.74. The van der Waals surface area contributed by atoms with Gasteiger partial charge in [-0.1, -0.05) is 18.2 Å². The van der Waals surface area contributed by atoms with Crippen molar-refractivity contribution in [1.29, 1.82) is 0 Å². The maximum Gasteiger partial charge on any atom is 0.337 e. The minimum absolute atomic E-state index is 0.309. The number of carbonyl (C=O) groups is 2. The highest BCUT2D eigenvalue weighted by Crippen LogP contribution is 2.21. The number of ether oxygens (including phenoxy) is 2. The molecule has 0 saturated carbocycles. The van der Waals surface area contributed by atoms with E-state index in [1.165, 1.54) is 14.2 Å². The van der Waals surface area contributed by atoms with Gasteiger partial charge in [0, 0.05) is 5.69 Å². The van der Waals surface area contributed by atoms with Crippen molar-refractivity contribution in [3.8, 4) is 5.75 Å². The summed E-state index contributed by atoms with van der Waals surface area (Å²) in [6, 6.07) is 17.3. The lowest BCUT2D eigenvalue weighted by molar-refractivity contribution is 0.0600. The predicted octanol–water partition coefficient (Wildman–Crippen LogP) is 3.87. The molecule has 0 spiro atoms. The van der Waals surface area contributed by atoms with Crippen LogP contribution in [0.1, 0.15) is 20.7 Å². The monoisotopic (exact) mass is 377 g/mol. The van der Waals surface area contributed by atoms with Crippen LogP contribution in [-0.2, 0) is 4.74 Å². The Morgan fingerprint density at radius 2 is 1.75 bits per heavy atom. The molecule has 0 fully saturated rings. The molecular weight excluding hydrogens is 358 g/mol. The Labute approximate surface area is 162 Å². The van der Waals surface area contributed by atoms with Crippen LogP contribution in [0.3, 0.4) is 0 Å². The summed E-state index contributed by atoms with van der Waals surface area (Å²) in [7, 11) is 2.85. The van der Waals surface area contributed by atoms with Crippen LogP contribution in [0.4, 0.5) is 17.2 Å². The van der Waals surface area contributed by atoms with Gasteiger partial charge in [-0.2, -0.15) is 0 Å². The van der Waals surface area contributed by atoms with Crippen molar-refractivity contribution in [2.75, 3.05) is 24.9 Å². The zero-order valence-corrected chi connectivity index (χ0v) is 15.4. The SMILES string of the molecule is COC(=O)c1cccc(Nc2ccc(NC(=O)c3ccccc3OC)nc2)c1. The predicted molar refractivity (Wildman–Crippen MR) is 106 cm³/mol. The Balaban J connectivity index is 1.68. The van der Waals surface area contributed by atoms with Crippen molar-refractivity contribution in [3.63, 3.8) is 0 Å². The third-order valence-electron chi connectivity index (χ3n) is 3.93. The van der Waals surface area contributed by atoms with E-state index in [2.05, 4.69) is 15.6 Å². The third kappa shape index (κ3) is 4.45. The average molecular weight is 377 g/mol. The van der Waals surface area contributed by atoms with Crippen LogP contribution in [0.25, 0.3) is 0 Å². The summed E-state index contributed by atoms with van der Waals surface area (Å²) in [5.41, 5.74) is 2.29. The van der Waals surface area contributed by atoms with Gasteiger partial charge in [-0.25, -0.2) is 9.78 Å². The number of para-hydroxylation sites is 1. The van der Waals surface area contributed by atoms with Crippen LogP contribution < -0.4 is 15.4 Å². The highest BCUT2D eigenvalue weighted by atomic mass is 16.5. The Bertz CT molecular complexity index is 987. The van der Waals surface area contributed by atoms with E-state index in [0.29, 0.717) is 28.4 Å². The molecule has 142 valence electrons. The van der Waals surface area contributed by atoms with Crippen molar-refractivity contribution >= 4 is 29.1 Å². The summed E-state index contributed by atoms with van der Waals surface area (Å²) >= 11 is 0. The summed E-state index contributed by atoms with van der Waals surface area (Å²) < 4.78 is 9.92. The van der Waals surface area contributed by atoms with E-state index in [0.717, 1.165) is 5.69 Å². The van der Waals surface area contributed by atoms with Crippen molar-refractivity contribution < 1.29 is 19.1 Å². The van der Waals surface area contributed by atoms with Gasteiger partial charge in [0.05, 0.1) is 37.2 Å². The zero-order chi connectivity index (χ0) is 19.9. The largest absolute Gasteiger partial charge is 0.496 e. The molecule has 0 saturated heterocycles. The number of rotatable bonds is 6. The van der Waals surface area contributed by atoms with Crippen molar-refractivity contribution in [1.82, 2.24) is 4.98 Å². The fraction of sp³-hybridized carbons (Fsp3) is 0.0952. The van der Waals surface area contributed by atoms with E-state index in [1.807, 2.05) is 6.07 Å². The summed E-state index contributed by atoms with van der Waals surface area (Å²) in [4.78, 5) is 28.3. The Kier molecular flexibility index (Phi) is 5.86. The normalized spacial score (nSPS) is 10.1. The fourth-order valence-electron chi connectivity index (χ4n) is 2.57. The van der Waals surface area contributed by atoms with E-state index in [9.17, 15) is 9.59 Å². The van der Waals surface area contributed by atoms with Crippen LogP contribution in [0, 0.1) is 0 Å². The number of nitrogens with one attached hydrogen (secondary N) is 2. The highest BCUT2D eigenvalue weighted by molar-refractivity contribution is 6.05. The second-order valence-electron chi connectivity index (χ2n) is 5.78. The molecule has 3 rings (SSSR count). The van der Waals surface area contributed by atoms with Gasteiger partial charge >= 0.3 is 5.97 Å². The Hall–Kier alpha value is -3.87. The Morgan fingerprint density at radius 1 is 0.929 bits per heavy atom.